The topological polar surface area (TPSA) is 52.6 Å². The maximum Gasteiger partial charge on any atom is 0.344 e. The van der Waals surface area contributed by atoms with E-state index in [0.717, 1.165) is 35.4 Å². The van der Waals surface area contributed by atoms with Gasteiger partial charge in [-0.05, 0) is 71.9 Å². The molecule has 0 amide bonds. The van der Waals surface area contributed by atoms with Crippen LogP contribution in [0.25, 0.3) is 11.5 Å². The number of ether oxygens (including phenoxy) is 2. The maximum absolute atomic E-state index is 13.0. The third-order valence-corrected chi connectivity index (χ3v) is 11.2. The highest BCUT2D eigenvalue weighted by molar-refractivity contribution is 7.11. The summed E-state index contributed by atoms with van der Waals surface area (Å²) in [5, 5.41) is 4.13. The van der Waals surface area contributed by atoms with Gasteiger partial charge in [-0.15, -0.1) is 22.7 Å². The van der Waals surface area contributed by atoms with E-state index in [1.54, 1.807) is 34.8 Å². The van der Waals surface area contributed by atoms with Crippen LogP contribution in [0.2, 0.25) is 0 Å². The summed E-state index contributed by atoms with van der Waals surface area (Å²) in [5.41, 5.74) is 3.02. The predicted octanol–water partition coefficient (Wildman–Crippen LogP) is 12.5. The second-order valence-corrected chi connectivity index (χ2v) is 14.9. The van der Waals surface area contributed by atoms with Crippen LogP contribution < -0.4 is 0 Å². The summed E-state index contributed by atoms with van der Waals surface area (Å²) in [5.74, 6) is 0.151. The van der Waals surface area contributed by atoms with Crippen LogP contribution in [0, 0.1) is 0 Å². The van der Waals surface area contributed by atoms with Gasteiger partial charge in [0, 0.05) is 0 Å². The Balaban J connectivity index is 1.27. The standard InChI is InChI=1S/C40H56O4S2/c1-3-5-7-9-11-13-15-17-19-21-23-31-25-27-45-37(31)35-29-33(39(41)43-35)34-30-36(44-40(34)42)38-32(26-28-46-38)24-22-20-18-16-14-12-10-8-6-4-2/h25-30H,3-24H2,1-2H3/b34-33-. The van der Waals surface area contributed by atoms with Crippen LogP contribution in [0.5, 0.6) is 0 Å². The van der Waals surface area contributed by atoms with Crippen molar-refractivity contribution in [1.82, 2.24) is 0 Å². The normalized spacial score (nSPS) is 16.2. The zero-order valence-electron chi connectivity index (χ0n) is 28.5. The highest BCUT2D eigenvalue weighted by atomic mass is 32.1. The fourth-order valence-corrected chi connectivity index (χ4v) is 8.26. The molecule has 0 atom stereocenters. The molecule has 0 bridgehead atoms. The molecule has 0 aromatic carbocycles. The molecule has 0 saturated heterocycles. The van der Waals surface area contributed by atoms with Gasteiger partial charge in [-0.1, -0.05) is 129 Å². The Bertz CT molecular complexity index is 1220. The zero-order chi connectivity index (χ0) is 32.4. The summed E-state index contributed by atoms with van der Waals surface area (Å²) in [6.45, 7) is 4.53. The van der Waals surface area contributed by atoms with Gasteiger partial charge >= 0.3 is 11.9 Å². The third kappa shape index (κ3) is 11.4. The Hall–Kier alpha value is -2.44. The van der Waals surface area contributed by atoms with Crippen molar-refractivity contribution in [2.75, 3.05) is 0 Å². The molecule has 0 spiro atoms. The van der Waals surface area contributed by atoms with Crippen molar-refractivity contribution in [3.8, 4) is 0 Å². The van der Waals surface area contributed by atoms with Gasteiger partial charge < -0.3 is 9.47 Å². The number of hydrogen-bond acceptors (Lipinski definition) is 6. The molecule has 2 aliphatic rings. The molecular weight excluding hydrogens is 609 g/mol. The molecule has 2 aromatic heterocycles. The first-order valence-corrected chi connectivity index (χ1v) is 20.1. The first-order valence-electron chi connectivity index (χ1n) is 18.4. The van der Waals surface area contributed by atoms with E-state index in [0.29, 0.717) is 22.7 Å². The molecule has 0 saturated carbocycles. The number of aryl methyl sites for hydroxylation is 2. The van der Waals surface area contributed by atoms with Gasteiger partial charge in [-0.25, -0.2) is 9.59 Å². The minimum atomic E-state index is -0.477. The van der Waals surface area contributed by atoms with Gasteiger partial charge in [0.05, 0.1) is 20.9 Å². The number of hydrogen-bond donors (Lipinski definition) is 0. The summed E-state index contributed by atoms with van der Waals surface area (Å²) in [6, 6.07) is 4.28. The average Bonchev–Trinajstić information content (AvgIpc) is 3.86. The monoisotopic (exact) mass is 664 g/mol. The van der Waals surface area contributed by atoms with E-state index >= 15 is 0 Å². The number of carbonyl (C=O) groups is 2. The first-order chi connectivity index (χ1) is 22.6. The van der Waals surface area contributed by atoms with Crippen LogP contribution >= 0.6 is 22.7 Å². The van der Waals surface area contributed by atoms with Crippen molar-refractivity contribution in [3.63, 3.8) is 0 Å². The molecule has 6 heteroatoms. The molecule has 2 aliphatic heterocycles. The Morgan fingerprint density at radius 3 is 1.15 bits per heavy atom. The van der Waals surface area contributed by atoms with Crippen molar-refractivity contribution in [1.29, 1.82) is 0 Å². The van der Waals surface area contributed by atoms with Gasteiger partial charge in [0.2, 0.25) is 0 Å². The van der Waals surface area contributed by atoms with Crippen molar-refractivity contribution in [2.45, 2.75) is 155 Å². The second-order valence-electron chi connectivity index (χ2n) is 13.0. The maximum atomic E-state index is 13.0. The molecule has 0 fully saturated rings. The number of cyclic esters (lactones) is 2. The molecule has 4 heterocycles. The van der Waals surface area contributed by atoms with E-state index < -0.39 is 11.9 Å². The smallest absolute Gasteiger partial charge is 0.344 e. The van der Waals surface area contributed by atoms with Gasteiger partial charge in [0.25, 0.3) is 0 Å². The number of carbonyl (C=O) groups excluding carboxylic acids is 2. The van der Waals surface area contributed by atoms with Crippen LogP contribution in [0.4, 0.5) is 0 Å². The molecule has 4 rings (SSSR count). The lowest BCUT2D eigenvalue weighted by atomic mass is 10.0. The van der Waals surface area contributed by atoms with E-state index in [4.69, 9.17) is 9.47 Å². The Kier molecular flexibility index (Phi) is 16.4. The van der Waals surface area contributed by atoms with E-state index in [1.165, 1.54) is 127 Å². The van der Waals surface area contributed by atoms with Crippen molar-refractivity contribution in [2.24, 2.45) is 0 Å². The molecule has 0 aliphatic carbocycles. The second kappa shape index (κ2) is 20.7. The number of thiophene rings is 2. The molecule has 252 valence electrons. The third-order valence-electron chi connectivity index (χ3n) is 9.23. The molecule has 46 heavy (non-hydrogen) atoms. The Labute approximate surface area is 286 Å². The van der Waals surface area contributed by atoms with Crippen LogP contribution in [-0.2, 0) is 31.9 Å². The number of esters is 2. The van der Waals surface area contributed by atoms with Crippen LogP contribution in [0.1, 0.15) is 163 Å². The fourth-order valence-electron chi connectivity index (χ4n) is 6.45. The predicted molar refractivity (Wildman–Crippen MR) is 195 cm³/mol. The van der Waals surface area contributed by atoms with Gasteiger partial charge in [0.15, 0.2) is 0 Å². The van der Waals surface area contributed by atoms with Crippen LogP contribution in [0.15, 0.2) is 46.2 Å². The van der Waals surface area contributed by atoms with Crippen LogP contribution in [0.3, 0.4) is 0 Å². The van der Waals surface area contributed by atoms with Gasteiger partial charge in [-0.3, -0.25) is 0 Å². The van der Waals surface area contributed by atoms with E-state index in [9.17, 15) is 9.59 Å². The number of rotatable bonds is 24. The summed E-state index contributed by atoms with van der Waals surface area (Å²) >= 11 is 3.19. The summed E-state index contributed by atoms with van der Waals surface area (Å²) < 4.78 is 11.5. The average molecular weight is 665 g/mol. The SMILES string of the molecule is CCCCCCCCCCCCc1ccsc1C1=C/C(=C2\C=C(c3sccc3CCCCCCCCCCCC)OC2=O)C(=O)O1. The van der Waals surface area contributed by atoms with E-state index in [1.807, 2.05) is 0 Å². The molecule has 0 radical (unpaired) electrons. The van der Waals surface area contributed by atoms with Crippen LogP contribution in [-0.4, -0.2) is 11.9 Å². The largest absolute Gasteiger partial charge is 0.421 e. The lowest BCUT2D eigenvalue weighted by Gasteiger charge is -2.05. The van der Waals surface area contributed by atoms with E-state index in [-0.39, 0.29) is 0 Å². The van der Waals surface area contributed by atoms with Crippen molar-refractivity contribution >= 4 is 46.1 Å². The first kappa shape index (κ1) is 36.4. The quantitative estimate of drug-likeness (QED) is 0.0636. The molecule has 4 nitrogen and oxygen atoms in total. The lowest BCUT2D eigenvalue weighted by molar-refractivity contribution is -0.133. The van der Waals surface area contributed by atoms with Gasteiger partial charge in [-0.2, -0.15) is 0 Å². The number of unbranched alkanes of at least 4 members (excludes halogenated alkanes) is 18. The molecule has 0 N–H and O–H groups in total. The Morgan fingerprint density at radius 2 is 0.804 bits per heavy atom. The van der Waals surface area contributed by atoms with Crippen molar-refractivity contribution in [3.05, 3.63) is 67.1 Å². The fraction of sp³-hybridized carbons (Fsp3) is 0.600. The highest BCUT2D eigenvalue weighted by Gasteiger charge is 2.34. The molecular formula is C40H56O4S2. The summed E-state index contributed by atoms with van der Waals surface area (Å²) in [6.07, 6.45) is 31.6. The molecule has 2 aromatic rings. The summed E-state index contributed by atoms with van der Waals surface area (Å²) in [4.78, 5) is 27.9. The minimum absolute atomic E-state index is 0.293. The molecule has 0 unspecified atom stereocenters. The Morgan fingerprint density at radius 1 is 0.478 bits per heavy atom. The lowest BCUT2D eigenvalue weighted by Crippen LogP contribution is -2.05. The van der Waals surface area contributed by atoms with Gasteiger partial charge in [0.1, 0.15) is 11.5 Å². The zero-order valence-corrected chi connectivity index (χ0v) is 30.1. The van der Waals surface area contributed by atoms with Crippen molar-refractivity contribution < 1.29 is 19.1 Å². The summed E-state index contributed by atoms with van der Waals surface area (Å²) in [7, 11) is 0. The van der Waals surface area contributed by atoms with E-state index in [2.05, 4.69) is 36.7 Å². The minimum Gasteiger partial charge on any atom is -0.421 e. The highest BCUT2D eigenvalue weighted by Crippen LogP contribution is 2.38.